The van der Waals surface area contributed by atoms with Crippen LogP contribution in [0.1, 0.15) is 5.82 Å². The standard InChI is InChI=1S/C12H10BrClN2O/c1-7-15-11(10(13)12(16-7)17-2)8-5-3-4-6-9(8)14/h3-6H,1-2H3. The number of halogens is 2. The highest BCUT2D eigenvalue weighted by Gasteiger charge is 2.14. The third-order valence-electron chi connectivity index (χ3n) is 2.25. The minimum absolute atomic E-state index is 0.507. The summed E-state index contributed by atoms with van der Waals surface area (Å²) in [5, 5.41) is 0.647. The molecule has 0 saturated heterocycles. The molecule has 0 bridgehead atoms. The normalized spacial score (nSPS) is 10.4. The topological polar surface area (TPSA) is 35.0 Å². The van der Waals surface area contributed by atoms with E-state index in [1.807, 2.05) is 31.2 Å². The molecular weight excluding hydrogens is 304 g/mol. The third-order valence-corrected chi connectivity index (χ3v) is 3.30. The quantitative estimate of drug-likeness (QED) is 0.844. The van der Waals surface area contributed by atoms with Gasteiger partial charge in [-0.15, -0.1) is 0 Å². The van der Waals surface area contributed by atoms with Crippen LogP contribution in [0, 0.1) is 6.92 Å². The van der Waals surface area contributed by atoms with E-state index in [-0.39, 0.29) is 0 Å². The first kappa shape index (κ1) is 12.3. The Morgan fingerprint density at radius 2 is 1.94 bits per heavy atom. The Labute approximate surface area is 113 Å². The second-order valence-corrected chi connectivity index (χ2v) is 4.62. The molecule has 0 amide bonds. The number of rotatable bonds is 2. The molecule has 0 fully saturated rings. The van der Waals surface area contributed by atoms with E-state index >= 15 is 0 Å². The lowest BCUT2D eigenvalue weighted by Crippen LogP contribution is -1.98. The molecule has 1 aromatic heterocycles. The number of aryl methyl sites for hydroxylation is 1. The monoisotopic (exact) mass is 312 g/mol. The first-order valence-electron chi connectivity index (χ1n) is 4.96. The van der Waals surface area contributed by atoms with E-state index in [2.05, 4.69) is 25.9 Å². The summed E-state index contributed by atoms with van der Waals surface area (Å²) < 4.78 is 5.89. The summed E-state index contributed by atoms with van der Waals surface area (Å²) in [6, 6.07) is 7.53. The smallest absolute Gasteiger partial charge is 0.231 e. The maximum absolute atomic E-state index is 6.16. The number of benzene rings is 1. The van der Waals surface area contributed by atoms with Gasteiger partial charge >= 0.3 is 0 Å². The van der Waals surface area contributed by atoms with Crippen molar-refractivity contribution in [3.63, 3.8) is 0 Å². The lowest BCUT2D eigenvalue weighted by molar-refractivity contribution is 0.393. The second kappa shape index (κ2) is 5.02. The summed E-state index contributed by atoms with van der Waals surface area (Å²) in [6.07, 6.45) is 0. The Balaban J connectivity index is 2.67. The zero-order valence-electron chi connectivity index (χ0n) is 9.37. The molecule has 3 nitrogen and oxygen atoms in total. The Bertz CT molecular complexity index is 560. The van der Waals surface area contributed by atoms with Gasteiger partial charge in [0, 0.05) is 5.56 Å². The number of methoxy groups -OCH3 is 1. The molecule has 0 radical (unpaired) electrons. The lowest BCUT2D eigenvalue weighted by Gasteiger charge is -2.09. The summed E-state index contributed by atoms with van der Waals surface area (Å²) in [4.78, 5) is 8.57. The zero-order chi connectivity index (χ0) is 12.4. The molecule has 17 heavy (non-hydrogen) atoms. The van der Waals surface area contributed by atoms with Crippen LogP contribution < -0.4 is 4.74 Å². The van der Waals surface area contributed by atoms with Crippen molar-refractivity contribution in [2.24, 2.45) is 0 Å². The minimum Gasteiger partial charge on any atom is -0.480 e. The zero-order valence-corrected chi connectivity index (χ0v) is 11.7. The van der Waals surface area contributed by atoms with Crippen LogP contribution in [0.4, 0.5) is 0 Å². The Hall–Kier alpha value is -1.13. The Morgan fingerprint density at radius 3 is 2.59 bits per heavy atom. The summed E-state index contributed by atoms with van der Waals surface area (Å²) in [6.45, 7) is 1.81. The van der Waals surface area contributed by atoms with E-state index in [0.717, 1.165) is 11.3 Å². The molecule has 88 valence electrons. The van der Waals surface area contributed by atoms with Crippen LogP contribution in [-0.4, -0.2) is 17.1 Å². The largest absolute Gasteiger partial charge is 0.480 e. The molecule has 0 aliphatic carbocycles. The van der Waals surface area contributed by atoms with Crippen LogP contribution in [-0.2, 0) is 0 Å². The molecule has 0 spiro atoms. The molecule has 0 N–H and O–H groups in total. The van der Waals surface area contributed by atoms with Gasteiger partial charge < -0.3 is 4.74 Å². The average molecular weight is 314 g/mol. The van der Waals surface area contributed by atoms with E-state index in [0.29, 0.717) is 21.2 Å². The van der Waals surface area contributed by atoms with Crippen LogP contribution in [0.2, 0.25) is 5.02 Å². The van der Waals surface area contributed by atoms with Crippen molar-refractivity contribution in [3.8, 4) is 17.1 Å². The highest BCUT2D eigenvalue weighted by atomic mass is 79.9. The average Bonchev–Trinajstić information content (AvgIpc) is 2.32. The van der Waals surface area contributed by atoms with Crippen molar-refractivity contribution < 1.29 is 4.74 Å². The van der Waals surface area contributed by atoms with Gasteiger partial charge in [0.25, 0.3) is 0 Å². The van der Waals surface area contributed by atoms with E-state index in [9.17, 15) is 0 Å². The van der Waals surface area contributed by atoms with E-state index in [1.165, 1.54) is 0 Å². The van der Waals surface area contributed by atoms with Gasteiger partial charge in [0.2, 0.25) is 5.88 Å². The fourth-order valence-electron chi connectivity index (χ4n) is 1.50. The number of hydrogen-bond donors (Lipinski definition) is 0. The van der Waals surface area contributed by atoms with E-state index in [4.69, 9.17) is 16.3 Å². The van der Waals surface area contributed by atoms with Gasteiger partial charge in [-0.1, -0.05) is 29.8 Å². The molecule has 0 unspecified atom stereocenters. The Kier molecular flexibility index (Phi) is 3.64. The molecule has 0 aliphatic rings. The number of hydrogen-bond acceptors (Lipinski definition) is 3. The first-order valence-corrected chi connectivity index (χ1v) is 6.13. The molecule has 2 aromatic rings. The maximum atomic E-state index is 6.16. The van der Waals surface area contributed by atoms with Gasteiger partial charge in [-0.2, -0.15) is 4.98 Å². The van der Waals surface area contributed by atoms with Gasteiger partial charge in [-0.05, 0) is 28.9 Å². The molecule has 0 saturated carbocycles. The first-order chi connectivity index (χ1) is 8.13. The van der Waals surface area contributed by atoms with Gasteiger partial charge in [0.1, 0.15) is 10.3 Å². The number of aromatic nitrogens is 2. The van der Waals surface area contributed by atoms with Crippen molar-refractivity contribution in [2.45, 2.75) is 6.92 Å². The van der Waals surface area contributed by atoms with Crippen molar-refractivity contribution >= 4 is 27.5 Å². The maximum Gasteiger partial charge on any atom is 0.231 e. The van der Waals surface area contributed by atoms with Crippen molar-refractivity contribution in [3.05, 3.63) is 39.6 Å². The van der Waals surface area contributed by atoms with Crippen LogP contribution in [0.3, 0.4) is 0 Å². The fraction of sp³-hybridized carbons (Fsp3) is 0.167. The van der Waals surface area contributed by atoms with Gasteiger partial charge in [0.15, 0.2) is 0 Å². The predicted molar refractivity (Wildman–Crippen MR) is 71.5 cm³/mol. The molecule has 5 heteroatoms. The fourth-order valence-corrected chi connectivity index (χ4v) is 2.28. The van der Waals surface area contributed by atoms with Gasteiger partial charge in [-0.3, -0.25) is 0 Å². The molecule has 2 rings (SSSR count). The Morgan fingerprint density at radius 1 is 1.24 bits per heavy atom. The molecule has 0 atom stereocenters. The van der Waals surface area contributed by atoms with Crippen LogP contribution in [0.15, 0.2) is 28.7 Å². The minimum atomic E-state index is 0.507. The molecule has 1 heterocycles. The summed E-state index contributed by atoms with van der Waals surface area (Å²) in [7, 11) is 1.57. The van der Waals surface area contributed by atoms with Crippen LogP contribution in [0.25, 0.3) is 11.3 Å². The number of ether oxygens (including phenoxy) is 1. The molecular formula is C12H10BrClN2O. The predicted octanol–water partition coefficient (Wildman–Crippen LogP) is 3.88. The summed E-state index contributed by atoms with van der Waals surface area (Å²) >= 11 is 9.59. The van der Waals surface area contributed by atoms with Gasteiger partial charge in [0.05, 0.1) is 17.8 Å². The summed E-state index contributed by atoms with van der Waals surface area (Å²) in [5.74, 6) is 1.15. The molecule has 0 aliphatic heterocycles. The van der Waals surface area contributed by atoms with E-state index < -0.39 is 0 Å². The van der Waals surface area contributed by atoms with Crippen molar-refractivity contribution in [1.82, 2.24) is 9.97 Å². The van der Waals surface area contributed by atoms with Crippen LogP contribution >= 0.6 is 27.5 Å². The highest BCUT2D eigenvalue weighted by Crippen LogP contribution is 2.35. The second-order valence-electron chi connectivity index (χ2n) is 3.42. The summed E-state index contributed by atoms with van der Waals surface area (Å²) in [5.41, 5.74) is 1.59. The lowest BCUT2D eigenvalue weighted by atomic mass is 10.1. The number of nitrogens with zero attached hydrogens (tertiary/aromatic N) is 2. The van der Waals surface area contributed by atoms with Gasteiger partial charge in [-0.25, -0.2) is 4.98 Å². The third kappa shape index (κ3) is 2.42. The molecule has 1 aromatic carbocycles. The van der Waals surface area contributed by atoms with E-state index in [1.54, 1.807) is 7.11 Å². The van der Waals surface area contributed by atoms with Crippen LogP contribution in [0.5, 0.6) is 5.88 Å². The SMILES string of the molecule is COc1nc(C)nc(-c2ccccc2Cl)c1Br. The highest BCUT2D eigenvalue weighted by molar-refractivity contribution is 9.10. The van der Waals surface area contributed by atoms with Crippen molar-refractivity contribution in [1.29, 1.82) is 0 Å². The van der Waals surface area contributed by atoms with Crippen molar-refractivity contribution in [2.75, 3.05) is 7.11 Å².